The SMILES string of the molecule is CC(CO)(NC(=O)c1cccn1C1CC1)C1CC1. The zero-order valence-corrected chi connectivity index (χ0v) is 10.7. The molecule has 1 amide bonds. The van der Waals surface area contributed by atoms with Crippen LogP contribution < -0.4 is 5.32 Å². The molecule has 18 heavy (non-hydrogen) atoms. The summed E-state index contributed by atoms with van der Waals surface area (Å²) in [5, 5.41) is 12.5. The molecule has 2 fully saturated rings. The van der Waals surface area contributed by atoms with E-state index in [1.54, 1.807) is 0 Å². The minimum Gasteiger partial charge on any atom is -0.394 e. The van der Waals surface area contributed by atoms with Gasteiger partial charge in [-0.3, -0.25) is 4.79 Å². The fraction of sp³-hybridized carbons (Fsp3) is 0.643. The van der Waals surface area contributed by atoms with Crippen LogP contribution in [-0.4, -0.2) is 27.7 Å². The third-order valence-corrected chi connectivity index (χ3v) is 4.16. The van der Waals surface area contributed by atoms with Crippen LogP contribution >= 0.6 is 0 Å². The second-order valence-electron chi connectivity index (χ2n) is 5.84. The highest BCUT2D eigenvalue weighted by Gasteiger charge is 2.42. The first-order valence-corrected chi connectivity index (χ1v) is 6.74. The van der Waals surface area contributed by atoms with Crippen LogP contribution in [0.5, 0.6) is 0 Å². The molecule has 2 N–H and O–H groups in total. The van der Waals surface area contributed by atoms with Gasteiger partial charge in [0.1, 0.15) is 5.69 Å². The van der Waals surface area contributed by atoms with Crippen LogP contribution in [0.2, 0.25) is 0 Å². The molecular formula is C14H20N2O2. The number of aliphatic hydroxyl groups is 1. The normalized spacial score (nSPS) is 22.6. The molecule has 1 unspecified atom stereocenters. The van der Waals surface area contributed by atoms with Gasteiger partial charge in [0.05, 0.1) is 12.1 Å². The lowest BCUT2D eigenvalue weighted by atomic mass is 9.97. The van der Waals surface area contributed by atoms with E-state index in [-0.39, 0.29) is 12.5 Å². The van der Waals surface area contributed by atoms with Gasteiger partial charge in [-0.25, -0.2) is 0 Å². The predicted octanol–water partition coefficient (Wildman–Crippen LogP) is 1.71. The predicted molar refractivity (Wildman–Crippen MR) is 68.4 cm³/mol. The maximum atomic E-state index is 12.3. The van der Waals surface area contributed by atoms with Crippen LogP contribution in [0, 0.1) is 5.92 Å². The van der Waals surface area contributed by atoms with E-state index in [1.165, 1.54) is 0 Å². The van der Waals surface area contributed by atoms with Crippen molar-refractivity contribution in [1.82, 2.24) is 9.88 Å². The zero-order chi connectivity index (χ0) is 12.8. The van der Waals surface area contributed by atoms with Crippen molar-refractivity contribution in [1.29, 1.82) is 0 Å². The van der Waals surface area contributed by atoms with Crippen molar-refractivity contribution in [2.75, 3.05) is 6.61 Å². The van der Waals surface area contributed by atoms with Gasteiger partial charge in [-0.1, -0.05) is 0 Å². The van der Waals surface area contributed by atoms with Gasteiger partial charge >= 0.3 is 0 Å². The van der Waals surface area contributed by atoms with Gasteiger partial charge in [0.2, 0.25) is 0 Å². The fourth-order valence-corrected chi connectivity index (χ4v) is 2.57. The van der Waals surface area contributed by atoms with Crippen molar-refractivity contribution in [3.63, 3.8) is 0 Å². The molecule has 4 heteroatoms. The van der Waals surface area contributed by atoms with Gasteiger partial charge in [0.25, 0.3) is 5.91 Å². The number of hydrogen-bond acceptors (Lipinski definition) is 2. The Bertz CT molecular complexity index is 460. The van der Waals surface area contributed by atoms with Crippen molar-refractivity contribution >= 4 is 5.91 Å². The summed E-state index contributed by atoms with van der Waals surface area (Å²) >= 11 is 0. The number of amides is 1. The Kier molecular flexibility index (Phi) is 2.70. The number of nitrogens with zero attached hydrogens (tertiary/aromatic N) is 1. The summed E-state index contributed by atoms with van der Waals surface area (Å²) in [5.74, 6) is 0.367. The average molecular weight is 248 g/mol. The van der Waals surface area contributed by atoms with E-state index < -0.39 is 5.54 Å². The Balaban J connectivity index is 1.75. The summed E-state index contributed by atoms with van der Waals surface area (Å²) in [7, 11) is 0. The summed E-state index contributed by atoms with van der Waals surface area (Å²) in [6.07, 6.45) is 6.49. The third-order valence-electron chi connectivity index (χ3n) is 4.16. The molecule has 1 aromatic heterocycles. The molecule has 0 aromatic carbocycles. The zero-order valence-electron chi connectivity index (χ0n) is 10.7. The van der Waals surface area contributed by atoms with Crippen LogP contribution in [0.1, 0.15) is 49.1 Å². The van der Waals surface area contributed by atoms with Gasteiger partial charge in [-0.05, 0) is 50.7 Å². The van der Waals surface area contributed by atoms with E-state index in [0.717, 1.165) is 31.4 Å². The molecule has 1 atom stereocenters. The molecule has 0 radical (unpaired) electrons. The number of carbonyl (C=O) groups is 1. The summed E-state index contributed by atoms with van der Waals surface area (Å²) < 4.78 is 2.06. The van der Waals surface area contributed by atoms with Gasteiger partial charge in [-0.15, -0.1) is 0 Å². The number of hydrogen-bond donors (Lipinski definition) is 2. The van der Waals surface area contributed by atoms with E-state index in [9.17, 15) is 9.90 Å². The minimum atomic E-state index is -0.463. The van der Waals surface area contributed by atoms with Crippen molar-refractivity contribution in [2.24, 2.45) is 5.92 Å². The summed E-state index contributed by atoms with van der Waals surface area (Å²) in [6.45, 7) is 1.94. The maximum absolute atomic E-state index is 12.3. The molecule has 2 aliphatic rings. The Morgan fingerprint density at radius 2 is 2.22 bits per heavy atom. The maximum Gasteiger partial charge on any atom is 0.268 e. The lowest BCUT2D eigenvalue weighted by Gasteiger charge is -2.29. The molecule has 0 aliphatic heterocycles. The van der Waals surface area contributed by atoms with E-state index >= 15 is 0 Å². The van der Waals surface area contributed by atoms with Crippen molar-refractivity contribution in [2.45, 2.75) is 44.2 Å². The Morgan fingerprint density at radius 3 is 2.78 bits per heavy atom. The van der Waals surface area contributed by atoms with Crippen molar-refractivity contribution in [3.05, 3.63) is 24.0 Å². The number of nitrogens with one attached hydrogen (secondary N) is 1. The Labute approximate surface area is 107 Å². The summed E-state index contributed by atoms with van der Waals surface area (Å²) in [5.41, 5.74) is 0.258. The standard InChI is InChI=1S/C14H20N2O2/c1-14(9-17,10-4-5-10)15-13(18)12-3-2-8-16(12)11-6-7-11/h2-3,8,10-11,17H,4-7,9H2,1H3,(H,15,18). The van der Waals surface area contributed by atoms with Crippen LogP contribution in [0.3, 0.4) is 0 Å². The molecule has 1 heterocycles. The number of aliphatic hydroxyl groups excluding tert-OH is 1. The van der Waals surface area contributed by atoms with Gasteiger partial charge in [0, 0.05) is 12.2 Å². The average Bonchev–Trinajstić information content (AvgIpc) is 3.26. The summed E-state index contributed by atoms with van der Waals surface area (Å²) in [4.78, 5) is 12.3. The second-order valence-corrected chi connectivity index (χ2v) is 5.84. The highest BCUT2D eigenvalue weighted by atomic mass is 16.3. The first-order valence-electron chi connectivity index (χ1n) is 6.74. The van der Waals surface area contributed by atoms with Gasteiger partial charge < -0.3 is 15.0 Å². The highest BCUT2D eigenvalue weighted by Crippen LogP contribution is 2.40. The van der Waals surface area contributed by atoms with Crippen LogP contribution in [0.15, 0.2) is 18.3 Å². The second kappa shape index (κ2) is 4.12. The minimum absolute atomic E-state index is 0.00748. The number of aromatic nitrogens is 1. The number of rotatable bonds is 5. The van der Waals surface area contributed by atoms with Gasteiger partial charge in [-0.2, -0.15) is 0 Å². The fourth-order valence-electron chi connectivity index (χ4n) is 2.57. The first kappa shape index (κ1) is 11.8. The first-order chi connectivity index (χ1) is 8.64. The van der Waals surface area contributed by atoms with Gasteiger partial charge in [0.15, 0.2) is 0 Å². The molecule has 98 valence electrons. The van der Waals surface area contributed by atoms with Crippen molar-refractivity contribution < 1.29 is 9.90 Å². The third kappa shape index (κ3) is 2.05. The molecule has 3 rings (SSSR count). The number of carbonyl (C=O) groups excluding carboxylic acids is 1. The molecule has 0 saturated heterocycles. The van der Waals surface area contributed by atoms with E-state index in [4.69, 9.17) is 0 Å². The van der Waals surface area contributed by atoms with E-state index in [0.29, 0.717) is 12.0 Å². The summed E-state index contributed by atoms with van der Waals surface area (Å²) in [6, 6.07) is 4.28. The van der Waals surface area contributed by atoms with Crippen LogP contribution in [0.4, 0.5) is 0 Å². The van der Waals surface area contributed by atoms with Crippen molar-refractivity contribution in [3.8, 4) is 0 Å². The molecule has 1 aromatic rings. The largest absolute Gasteiger partial charge is 0.394 e. The van der Waals surface area contributed by atoms with E-state index in [1.807, 2.05) is 25.3 Å². The lowest BCUT2D eigenvalue weighted by Crippen LogP contribution is -2.51. The smallest absolute Gasteiger partial charge is 0.268 e. The highest BCUT2D eigenvalue weighted by molar-refractivity contribution is 5.93. The van der Waals surface area contributed by atoms with E-state index in [2.05, 4.69) is 9.88 Å². The molecule has 0 bridgehead atoms. The molecule has 2 saturated carbocycles. The quantitative estimate of drug-likeness (QED) is 0.833. The topological polar surface area (TPSA) is 54.3 Å². The van der Waals surface area contributed by atoms with Crippen LogP contribution in [0.25, 0.3) is 0 Å². The monoisotopic (exact) mass is 248 g/mol. The molecular weight excluding hydrogens is 228 g/mol. The lowest BCUT2D eigenvalue weighted by molar-refractivity contribution is 0.0815. The van der Waals surface area contributed by atoms with Crippen LogP contribution in [-0.2, 0) is 0 Å². The molecule has 4 nitrogen and oxygen atoms in total. The molecule has 0 spiro atoms. The Morgan fingerprint density at radius 1 is 1.50 bits per heavy atom. The molecule has 2 aliphatic carbocycles. The Hall–Kier alpha value is -1.29.